The Hall–Kier alpha value is -2.47. The highest BCUT2D eigenvalue weighted by molar-refractivity contribution is 5.59. The Morgan fingerprint density at radius 2 is 1.96 bits per heavy atom. The second-order valence-corrected chi connectivity index (χ2v) is 5.99. The molecule has 1 saturated heterocycles. The molecule has 1 N–H and O–H groups in total. The van der Waals surface area contributed by atoms with Crippen LogP contribution in [0.15, 0.2) is 42.5 Å². The van der Waals surface area contributed by atoms with Crippen molar-refractivity contribution in [3.05, 3.63) is 42.5 Å². The van der Waals surface area contributed by atoms with E-state index in [4.69, 9.17) is 5.10 Å². The first kappa shape index (κ1) is 14.1. The van der Waals surface area contributed by atoms with Gasteiger partial charge in [0.25, 0.3) is 0 Å². The number of hydrogen-bond donors (Lipinski definition) is 1. The van der Waals surface area contributed by atoms with Crippen LogP contribution in [0, 0.1) is 5.92 Å². The average molecular weight is 309 g/mol. The minimum absolute atomic E-state index is 0.237. The summed E-state index contributed by atoms with van der Waals surface area (Å²) >= 11 is 0. The molecule has 23 heavy (non-hydrogen) atoms. The normalized spacial score (nSPS) is 18.5. The van der Waals surface area contributed by atoms with Gasteiger partial charge >= 0.3 is 0 Å². The first-order valence-corrected chi connectivity index (χ1v) is 7.99. The van der Waals surface area contributed by atoms with Gasteiger partial charge in [-0.15, -0.1) is 15.3 Å². The van der Waals surface area contributed by atoms with E-state index in [1.165, 1.54) is 0 Å². The summed E-state index contributed by atoms with van der Waals surface area (Å²) in [6.45, 7) is 2.05. The van der Waals surface area contributed by atoms with Crippen molar-refractivity contribution in [2.75, 3.05) is 24.6 Å². The Morgan fingerprint density at radius 3 is 2.78 bits per heavy atom. The molecule has 6 nitrogen and oxygen atoms in total. The Kier molecular flexibility index (Phi) is 3.67. The van der Waals surface area contributed by atoms with Crippen molar-refractivity contribution in [1.29, 1.82) is 0 Å². The lowest BCUT2D eigenvalue weighted by molar-refractivity contribution is 0.208. The molecule has 1 atom stereocenters. The number of fused-ring (bicyclic) bond motifs is 1. The summed E-state index contributed by atoms with van der Waals surface area (Å²) in [5, 5.41) is 22.6. The van der Waals surface area contributed by atoms with Crippen LogP contribution < -0.4 is 4.90 Å². The highest BCUT2D eigenvalue weighted by atomic mass is 16.3. The van der Waals surface area contributed by atoms with Crippen LogP contribution in [0.25, 0.3) is 17.0 Å². The van der Waals surface area contributed by atoms with Crippen molar-refractivity contribution >= 4 is 11.5 Å². The maximum absolute atomic E-state index is 9.41. The van der Waals surface area contributed by atoms with Gasteiger partial charge in [-0.05, 0) is 30.9 Å². The molecule has 3 aromatic rings. The fraction of sp³-hybridized carbons (Fsp3) is 0.353. The van der Waals surface area contributed by atoms with Gasteiger partial charge in [0.2, 0.25) is 0 Å². The van der Waals surface area contributed by atoms with E-state index in [1.54, 1.807) is 4.52 Å². The number of benzene rings is 1. The minimum Gasteiger partial charge on any atom is -0.396 e. The van der Waals surface area contributed by atoms with Crippen LogP contribution in [0.5, 0.6) is 0 Å². The summed E-state index contributed by atoms with van der Waals surface area (Å²) in [7, 11) is 0. The highest BCUT2D eigenvalue weighted by Crippen LogP contribution is 2.23. The van der Waals surface area contributed by atoms with Gasteiger partial charge in [0.15, 0.2) is 11.5 Å². The van der Waals surface area contributed by atoms with Crippen molar-refractivity contribution in [3.8, 4) is 11.4 Å². The van der Waals surface area contributed by atoms with Crippen LogP contribution in [0.4, 0.5) is 5.82 Å². The van der Waals surface area contributed by atoms with Crippen LogP contribution in [0.3, 0.4) is 0 Å². The summed E-state index contributed by atoms with van der Waals surface area (Å²) in [5.74, 6) is 1.99. The largest absolute Gasteiger partial charge is 0.396 e. The lowest BCUT2D eigenvalue weighted by Crippen LogP contribution is -2.37. The van der Waals surface area contributed by atoms with E-state index in [-0.39, 0.29) is 6.61 Å². The zero-order valence-electron chi connectivity index (χ0n) is 12.8. The Bertz CT molecular complexity index is 801. The second-order valence-electron chi connectivity index (χ2n) is 5.99. The van der Waals surface area contributed by atoms with E-state index in [1.807, 2.05) is 42.5 Å². The fourth-order valence-electron chi connectivity index (χ4n) is 3.14. The molecule has 1 aromatic carbocycles. The Morgan fingerprint density at radius 1 is 1.09 bits per heavy atom. The number of aliphatic hydroxyl groups is 1. The van der Waals surface area contributed by atoms with Gasteiger partial charge in [0.1, 0.15) is 5.82 Å². The molecule has 4 rings (SSSR count). The molecule has 0 bridgehead atoms. The topological polar surface area (TPSA) is 66.5 Å². The van der Waals surface area contributed by atoms with E-state index in [0.29, 0.717) is 5.92 Å². The molecule has 3 heterocycles. The zero-order valence-corrected chi connectivity index (χ0v) is 12.8. The summed E-state index contributed by atoms with van der Waals surface area (Å²) in [4.78, 5) is 2.23. The Balaban J connectivity index is 1.72. The maximum atomic E-state index is 9.41. The van der Waals surface area contributed by atoms with Gasteiger partial charge in [-0.3, -0.25) is 0 Å². The van der Waals surface area contributed by atoms with Gasteiger partial charge in [0.05, 0.1) is 0 Å². The lowest BCUT2D eigenvalue weighted by atomic mass is 9.99. The predicted molar refractivity (Wildman–Crippen MR) is 88.2 cm³/mol. The molecule has 0 amide bonds. The minimum atomic E-state index is 0.237. The standard InChI is InChI=1S/C17H19N5O/c23-12-13-5-4-10-21(11-13)16-9-8-15-18-19-17(22(15)20-16)14-6-2-1-3-7-14/h1-3,6-9,13,23H,4-5,10-12H2/t13-/m1/s1. The van der Waals surface area contributed by atoms with E-state index in [2.05, 4.69) is 15.1 Å². The first-order chi connectivity index (χ1) is 11.3. The molecule has 0 radical (unpaired) electrons. The molecular formula is C17H19N5O. The van der Waals surface area contributed by atoms with Crippen LogP contribution in [0.1, 0.15) is 12.8 Å². The molecule has 0 saturated carbocycles. The quantitative estimate of drug-likeness (QED) is 0.801. The van der Waals surface area contributed by atoms with Crippen molar-refractivity contribution in [3.63, 3.8) is 0 Å². The third-order valence-electron chi connectivity index (χ3n) is 4.38. The molecule has 1 fully saturated rings. The van der Waals surface area contributed by atoms with Gasteiger partial charge in [0, 0.05) is 25.3 Å². The molecule has 0 aliphatic carbocycles. The monoisotopic (exact) mass is 309 g/mol. The van der Waals surface area contributed by atoms with Crippen molar-refractivity contribution in [1.82, 2.24) is 19.8 Å². The number of nitrogens with zero attached hydrogens (tertiary/aromatic N) is 5. The zero-order chi connectivity index (χ0) is 15.6. The fourth-order valence-corrected chi connectivity index (χ4v) is 3.14. The van der Waals surface area contributed by atoms with Gasteiger partial charge in [-0.1, -0.05) is 30.3 Å². The molecule has 0 unspecified atom stereocenters. The third-order valence-corrected chi connectivity index (χ3v) is 4.38. The van der Waals surface area contributed by atoms with Crippen molar-refractivity contribution in [2.45, 2.75) is 12.8 Å². The number of aliphatic hydroxyl groups excluding tert-OH is 1. The van der Waals surface area contributed by atoms with E-state index in [9.17, 15) is 5.11 Å². The second kappa shape index (κ2) is 5.96. The summed E-state index contributed by atoms with van der Waals surface area (Å²) in [6.07, 6.45) is 2.16. The number of rotatable bonds is 3. The summed E-state index contributed by atoms with van der Waals surface area (Å²) in [6, 6.07) is 13.9. The summed E-state index contributed by atoms with van der Waals surface area (Å²) < 4.78 is 1.80. The number of aromatic nitrogens is 4. The highest BCUT2D eigenvalue weighted by Gasteiger charge is 2.21. The molecule has 118 valence electrons. The maximum Gasteiger partial charge on any atom is 0.185 e. The van der Waals surface area contributed by atoms with E-state index in [0.717, 1.165) is 48.8 Å². The number of piperidine rings is 1. The van der Waals surface area contributed by atoms with Crippen molar-refractivity contribution < 1.29 is 5.11 Å². The molecule has 0 spiro atoms. The van der Waals surface area contributed by atoms with E-state index < -0.39 is 0 Å². The van der Waals surface area contributed by atoms with Crippen LogP contribution in [-0.4, -0.2) is 44.6 Å². The molecule has 2 aromatic heterocycles. The van der Waals surface area contributed by atoms with Gasteiger partial charge in [-0.25, -0.2) is 0 Å². The molecular weight excluding hydrogens is 290 g/mol. The molecule has 1 aliphatic rings. The Labute approximate surface area is 134 Å². The smallest absolute Gasteiger partial charge is 0.185 e. The number of hydrogen-bond acceptors (Lipinski definition) is 5. The van der Waals surface area contributed by atoms with Crippen molar-refractivity contribution in [2.24, 2.45) is 5.92 Å². The van der Waals surface area contributed by atoms with Crippen LogP contribution in [-0.2, 0) is 0 Å². The third kappa shape index (κ3) is 2.66. The van der Waals surface area contributed by atoms with Gasteiger partial charge in [-0.2, -0.15) is 4.52 Å². The SMILES string of the molecule is OC[C@@H]1CCCN(c2ccc3nnc(-c4ccccc4)n3n2)C1. The van der Waals surface area contributed by atoms with Gasteiger partial charge < -0.3 is 10.0 Å². The average Bonchev–Trinajstić information content (AvgIpc) is 3.05. The van der Waals surface area contributed by atoms with E-state index >= 15 is 0 Å². The predicted octanol–water partition coefficient (Wildman–Crippen LogP) is 2.00. The number of anilines is 1. The lowest BCUT2D eigenvalue weighted by Gasteiger charge is -2.32. The summed E-state index contributed by atoms with van der Waals surface area (Å²) in [5.41, 5.74) is 1.74. The van der Waals surface area contributed by atoms with Crippen LogP contribution in [0.2, 0.25) is 0 Å². The molecule has 6 heteroatoms. The first-order valence-electron chi connectivity index (χ1n) is 7.99. The van der Waals surface area contributed by atoms with Crippen LogP contribution >= 0.6 is 0 Å². The molecule has 1 aliphatic heterocycles.